The summed E-state index contributed by atoms with van der Waals surface area (Å²) in [4.78, 5) is 23.6. The number of aliphatic hydroxyl groups excluding tert-OH is 1. The van der Waals surface area contributed by atoms with Gasteiger partial charge >= 0.3 is 6.18 Å². The molecule has 1 aromatic carbocycles. The predicted molar refractivity (Wildman–Crippen MR) is 128 cm³/mol. The van der Waals surface area contributed by atoms with E-state index < -0.39 is 29.3 Å². The van der Waals surface area contributed by atoms with Crippen LogP contribution in [0.4, 0.5) is 23.4 Å². The quantitative estimate of drug-likeness (QED) is 0.439. The number of halogens is 4. The molecule has 200 valence electrons. The summed E-state index contributed by atoms with van der Waals surface area (Å²) < 4.78 is 55.0. The van der Waals surface area contributed by atoms with Crippen LogP contribution in [-0.4, -0.2) is 73.3 Å². The van der Waals surface area contributed by atoms with Crippen LogP contribution in [0.25, 0.3) is 11.0 Å². The van der Waals surface area contributed by atoms with Crippen molar-refractivity contribution in [2.45, 2.75) is 51.2 Å². The molecule has 0 saturated carbocycles. The molecule has 0 bridgehead atoms. The number of anilines is 1. The molecule has 1 aliphatic heterocycles. The molecule has 0 aliphatic carbocycles. The van der Waals surface area contributed by atoms with Crippen LogP contribution in [0.15, 0.2) is 36.8 Å². The third kappa shape index (κ3) is 5.76. The molecular formula is C25H29F4N5O3. The maximum absolute atomic E-state index is 14.5. The fraction of sp³-hybridized carbons (Fsp3) is 0.480. The van der Waals surface area contributed by atoms with Crippen LogP contribution in [0.1, 0.15) is 31.4 Å². The van der Waals surface area contributed by atoms with Crippen molar-refractivity contribution in [1.29, 1.82) is 0 Å². The lowest BCUT2D eigenvalue weighted by atomic mass is 9.88. The van der Waals surface area contributed by atoms with Crippen molar-refractivity contribution in [2.75, 3.05) is 31.1 Å². The van der Waals surface area contributed by atoms with Crippen molar-refractivity contribution >= 4 is 22.6 Å². The standard InChI is InChI=1S/C25H29F4N5O3/c1-3-33(12-17-4-5-18(10-20(17)26)25(27,28)29)22-19-6-8-34(23(19)31-15-30-22)14-24(37)7-9-32(11-16(2)35)13-21(24)36/h4-6,8,10,15,21,36-37H,3,7,9,11-14H2,1-2H3/t21-,24-/m1/s1. The number of carbonyl (C=O) groups is 1. The predicted octanol–water partition coefficient (Wildman–Crippen LogP) is 3.00. The highest BCUT2D eigenvalue weighted by molar-refractivity contribution is 5.87. The molecule has 2 N–H and O–H groups in total. The molecule has 1 saturated heterocycles. The second-order valence-electron chi connectivity index (χ2n) is 9.50. The third-order valence-electron chi connectivity index (χ3n) is 6.76. The number of aliphatic hydroxyl groups is 2. The Labute approximate surface area is 211 Å². The number of ketones is 1. The number of nitrogens with zero attached hydrogens (tertiary/aromatic N) is 5. The van der Waals surface area contributed by atoms with Crippen LogP contribution in [0.5, 0.6) is 0 Å². The summed E-state index contributed by atoms with van der Waals surface area (Å²) in [5.41, 5.74) is -1.90. The molecule has 3 heterocycles. The number of β-amino-alcohol motifs (C(OH)–C–C–N with tert-alkyl or cyclic N) is 1. The smallest absolute Gasteiger partial charge is 0.389 e. The second-order valence-corrected chi connectivity index (χ2v) is 9.50. The summed E-state index contributed by atoms with van der Waals surface area (Å²) in [5.74, 6) is -0.507. The van der Waals surface area contributed by atoms with Gasteiger partial charge in [-0.05, 0) is 38.5 Å². The minimum absolute atomic E-state index is 0.00754. The number of rotatable bonds is 8. The van der Waals surface area contributed by atoms with Crippen LogP contribution in [-0.2, 0) is 24.1 Å². The van der Waals surface area contributed by atoms with Crippen molar-refractivity contribution in [1.82, 2.24) is 19.4 Å². The van der Waals surface area contributed by atoms with E-state index in [4.69, 9.17) is 0 Å². The minimum Gasteiger partial charge on any atom is -0.389 e. The van der Waals surface area contributed by atoms with Gasteiger partial charge in [-0.15, -0.1) is 0 Å². The molecule has 12 heteroatoms. The summed E-state index contributed by atoms with van der Waals surface area (Å²) in [7, 11) is 0. The molecule has 1 fully saturated rings. The molecule has 2 aromatic heterocycles. The van der Waals surface area contributed by atoms with Gasteiger partial charge in [-0.2, -0.15) is 13.2 Å². The van der Waals surface area contributed by atoms with Gasteiger partial charge in [0.25, 0.3) is 0 Å². The third-order valence-corrected chi connectivity index (χ3v) is 6.76. The molecule has 1 aliphatic rings. The van der Waals surface area contributed by atoms with Crippen LogP contribution in [0.3, 0.4) is 0 Å². The average molecular weight is 524 g/mol. The Bertz CT molecular complexity index is 1280. The lowest BCUT2D eigenvalue weighted by molar-refractivity contribution is -0.137. The largest absolute Gasteiger partial charge is 0.416 e. The van der Waals surface area contributed by atoms with E-state index in [9.17, 15) is 32.6 Å². The topological polar surface area (TPSA) is 94.7 Å². The SMILES string of the molecule is CCN(Cc1ccc(C(F)(F)F)cc1F)c1ncnc2c1ccn2C[C@]1(O)CCN(CC(C)=O)C[C@H]1O. The molecule has 4 rings (SSSR count). The van der Waals surface area contributed by atoms with Gasteiger partial charge in [-0.25, -0.2) is 14.4 Å². The van der Waals surface area contributed by atoms with E-state index in [-0.39, 0.29) is 43.9 Å². The summed E-state index contributed by atoms with van der Waals surface area (Å²) in [6.07, 6.45) is -2.41. The first kappa shape index (κ1) is 27.0. The van der Waals surface area contributed by atoms with Gasteiger partial charge in [0.2, 0.25) is 0 Å². The van der Waals surface area contributed by atoms with Crippen LogP contribution >= 0.6 is 0 Å². The van der Waals surface area contributed by atoms with Gasteiger partial charge in [0.05, 0.1) is 30.1 Å². The van der Waals surface area contributed by atoms with Gasteiger partial charge in [0.15, 0.2) is 0 Å². The maximum Gasteiger partial charge on any atom is 0.416 e. The first-order valence-corrected chi connectivity index (χ1v) is 11.9. The Morgan fingerprint density at radius 1 is 1.27 bits per heavy atom. The number of hydrogen-bond donors (Lipinski definition) is 2. The van der Waals surface area contributed by atoms with Gasteiger partial charge in [0, 0.05) is 37.9 Å². The zero-order valence-electron chi connectivity index (χ0n) is 20.5. The highest BCUT2D eigenvalue weighted by Gasteiger charge is 2.41. The van der Waals surface area contributed by atoms with Gasteiger partial charge in [0.1, 0.15) is 35.0 Å². The first-order chi connectivity index (χ1) is 17.4. The van der Waals surface area contributed by atoms with Gasteiger partial charge < -0.3 is 19.7 Å². The number of Topliss-reactive ketones (excluding diaryl/α,β-unsaturated/α-hetero) is 1. The first-order valence-electron chi connectivity index (χ1n) is 11.9. The molecule has 8 nitrogen and oxygen atoms in total. The van der Waals surface area contributed by atoms with E-state index >= 15 is 0 Å². The summed E-state index contributed by atoms with van der Waals surface area (Å²) in [6.45, 7) is 4.57. The molecule has 0 spiro atoms. The van der Waals surface area contributed by atoms with Crippen LogP contribution < -0.4 is 4.90 Å². The lowest BCUT2D eigenvalue weighted by Crippen LogP contribution is -2.58. The number of piperidine rings is 1. The van der Waals surface area contributed by atoms with Crippen molar-refractivity contribution in [3.8, 4) is 0 Å². The zero-order chi connectivity index (χ0) is 27.0. The number of alkyl halides is 3. The van der Waals surface area contributed by atoms with E-state index in [1.807, 2.05) is 6.92 Å². The Morgan fingerprint density at radius 2 is 2.03 bits per heavy atom. The molecule has 2 atom stereocenters. The number of benzene rings is 1. The zero-order valence-corrected chi connectivity index (χ0v) is 20.5. The maximum atomic E-state index is 14.5. The van der Waals surface area contributed by atoms with Gasteiger partial charge in [-0.3, -0.25) is 9.69 Å². The molecule has 0 radical (unpaired) electrons. The molecule has 0 amide bonds. The number of aromatic nitrogens is 3. The fourth-order valence-corrected chi connectivity index (χ4v) is 4.73. The lowest BCUT2D eigenvalue weighted by Gasteiger charge is -2.42. The van der Waals surface area contributed by atoms with Gasteiger partial charge in [-0.1, -0.05) is 6.07 Å². The number of carbonyl (C=O) groups excluding carboxylic acids is 1. The normalized spacial score (nSPS) is 20.9. The average Bonchev–Trinajstić information content (AvgIpc) is 3.23. The molecule has 37 heavy (non-hydrogen) atoms. The van der Waals surface area contributed by atoms with Crippen molar-refractivity contribution in [2.24, 2.45) is 0 Å². The summed E-state index contributed by atoms with van der Waals surface area (Å²) in [6, 6.07) is 4.21. The Hall–Kier alpha value is -3.09. The fourth-order valence-electron chi connectivity index (χ4n) is 4.73. The van der Waals surface area contributed by atoms with Crippen molar-refractivity contribution in [3.63, 3.8) is 0 Å². The monoisotopic (exact) mass is 523 g/mol. The second kappa shape index (κ2) is 10.3. The molecule has 0 unspecified atom stereocenters. The number of likely N-dealkylation sites (tertiary alicyclic amines) is 1. The minimum atomic E-state index is -4.63. The van der Waals surface area contributed by atoms with Crippen LogP contribution in [0, 0.1) is 5.82 Å². The molecule has 3 aromatic rings. The van der Waals surface area contributed by atoms with E-state index in [0.29, 0.717) is 36.0 Å². The Balaban J connectivity index is 1.56. The molecular weight excluding hydrogens is 494 g/mol. The van der Waals surface area contributed by atoms with E-state index in [2.05, 4.69) is 9.97 Å². The van der Waals surface area contributed by atoms with Crippen LogP contribution in [0.2, 0.25) is 0 Å². The van der Waals surface area contributed by atoms with E-state index in [0.717, 1.165) is 12.1 Å². The summed E-state index contributed by atoms with van der Waals surface area (Å²) >= 11 is 0. The highest BCUT2D eigenvalue weighted by atomic mass is 19.4. The Morgan fingerprint density at radius 3 is 2.65 bits per heavy atom. The van der Waals surface area contributed by atoms with Crippen molar-refractivity contribution in [3.05, 3.63) is 53.7 Å². The summed E-state index contributed by atoms with van der Waals surface area (Å²) in [5, 5.41) is 22.5. The van der Waals surface area contributed by atoms with E-state index in [1.165, 1.54) is 13.3 Å². The number of fused-ring (bicyclic) bond motifs is 1. The highest BCUT2D eigenvalue weighted by Crippen LogP contribution is 2.32. The number of hydrogen-bond acceptors (Lipinski definition) is 7. The Kier molecular flexibility index (Phi) is 7.54. The van der Waals surface area contributed by atoms with Crippen molar-refractivity contribution < 1.29 is 32.6 Å². The van der Waals surface area contributed by atoms with E-state index in [1.54, 1.807) is 26.6 Å².